The molecule has 0 aliphatic heterocycles. The molecule has 5 heteroatoms. The van der Waals surface area contributed by atoms with Gasteiger partial charge in [-0.2, -0.15) is 0 Å². The second-order valence-corrected chi connectivity index (χ2v) is 4.87. The fraction of sp³-hybridized carbons (Fsp3) is 0.429. The molecule has 1 amide bonds. The van der Waals surface area contributed by atoms with Crippen LogP contribution in [0.2, 0.25) is 0 Å². The SMILES string of the molecule is C[C@@H]1C[C@H]1C(=O)NCc1cccc(OCC(=O)O)c1. The summed E-state index contributed by atoms with van der Waals surface area (Å²) in [6.45, 7) is 2.13. The van der Waals surface area contributed by atoms with Crippen molar-refractivity contribution < 1.29 is 19.4 Å². The summed E-state index contributed by atoms with van der Waals surface area (Å²) in [5.74, 6) is 0.219. The zero-order chi connectivity index (χ0) is 13.8. The first-order valence-corrected chi connectivity index (χ1v) is 6.27. The van der Waals surface area contributed by atoms with Crippen LogP contribution < -0.4 is 10.1 Å². The smallest absolute Gasteiger partial charge is 0.341 e. The van der Waals surface area contributed by atoms with Crippen LogP contribution in [0, 0.1) is 11.8 Å². The van der Waals surface area contributed by atoms with Crippen molar-refractivity contribution in [2.24, 2.45) is 11.8 Å². The topological polar surface area (TPSA) is 75.6 Å². The average molecular weight is 263 g/mol. The maximum Gasteiger partial charge on any atom is 0.341 e. The molecule has 0 spiro atoms. The Hall–Kier alpha value is -2.04. The van der Waals surface area contributed by atoms with Crippen molar-refractivity contribution in [2.75, 3.05) is 6.61 Å². The van der Waals surface area contributed by atoms with Crippen LogP contribution in [0.3, 0.4) is 0 Å². The molecular weight excluding hydrogens is 246 g/mol. The lowest BCUT2D eigenvalue weighted by Gasteiger charge is -2.07. The van der Waals surface area contributed by atoms with E-state index in [-0.39, 0.29) is 18.4 Å². The maximum absolute atomic E-state index is 11.7. The molecule has 0 unspecified atom stereocenters. The number of carboxylic acids is 1. The van der Waals surface area contributed by atoms with Gasteiger partial charge in [-0.3, -0.25) is 4.79 Å². The summed E-state index contributed by atoms with van der Waals surface area (Å²) in [7, 11) is 0. The standard InChI is InChI=1S/C14H17NO4/c1-9-5-12(9)14(18)15-7-10-3-2-4-11(6-10)19-8-13(16)17/h2-4,6,9,12H,5,7-8H2,1H3,(H,15,18)(H,16,17)/t9-,12-/m1/s1. The third-order valence-electron chi connectivity index (χ3n) is 3.17. The van der Waals surface area contributed by atoms with Gasteiger partial charge in [-0.1, -0.05) is 19.1 Å². The second-order valence-electron chi connectivity index (χ2n) is 4.87. The Morgan fingerprint density at radius 1 is 1.47 bits per heavy atom. The van der Waals surface area contributed by atoms with Crippen molar-refractivity contribution in [3.63, 3.8) is 0 Å². The number of rotatable bonds is 6. The first kappa shape index (κ1) is 13.4. The van der Waals surface area contributed by atoms with E-state index in [0.29, 0.717) is 18.2 Å². The number of carbonyl (C=O) groups is 2. The Morgan fingerprint density at radius 2 is 2.21 bits per heavy atom. The van der Waals surface area contributed by atoms with Crippen LogP contribution in [-0.4, -0.2) is 23.6 Å². The molecule has 2 atom stereocenters. The summed E-state index contributed by atoms with van der Waals surface area (Å²) in [6.07, 6.45) is 0.966. The van der Waals surface area contributed by atoms with Crippen molar-refractivity contribution in [3.05, 3.63) is 29.8 Å². The molecule has 19 heavy (non-hydrogen) atoms. The number of hydrogen-bond acceptors (Lipinski definition) is 3. The molecule has 1 aromatic rings. The van der Waals surface area contributed by atoms with Gasteiger partial charge in [0.1, 0.15) is 5.75 Å². The summed E-state index contributed by atoms with van der Waals surface area (Å²) in [4.78, 5) is 22.1. The van der Waals surface area contributed by atoms with E-state index in [0.717, 1.165) is 12.0 Å². The predicted octanol–water partition coefficient (Wildman–Crippen LogP) is 1.42. The molecule has 5 nitrogen and oxygen atoms in total. The molecule has 0 aromatic heterocycles. The number of carboxylic acid groups (broad SMARTS) is 1. The first-order chi connectivity index (χ1) is 9.06. The number of benzene rings is 1. The zero-order valence-electron chi connectivity index (χ0n) is 10.8. The van der Waals surface area contributed by atoms with Crippen LogP contribution in [0.1, 0.15) is 18.9 Å². The highest BCUT2D eigenvalue weighted by atomic mass is 16.5. The number of hydrogen-bond donors (Lipinski definition) is 2. The van der Waals surface area contributed by atoms with Crippen LogP contribution in [0.15, 0.2) is 24.3 Å². The van der Waals surface area contributed by atoms with Crippen LogP contribution in [0.5, 0.6) is 5.75 Å². The summed E-state index contributed by atoms with van der Waals surface area (Å²) in [5.41, 5.74) is 0.893. The van der Waals surface area contributed by atoms with Gasteiger partial charge in [0, 0.05) is 12.5 Å². The Bertz CT molecular complexity index is 486. The van der Waals surface area contributed by atoms with Gasteiger partial charge in [-0.15, -0.1) is 0 Å². The largest absolute Gasteiger partial charge is 0.482 e. The molecular formula is C14H17NO4. The molecule has 1 aliphatic carbocycles. The van der Waals surface area contributed by atoms with Crippen molar-refractivity contribution >= 4 is 11.9 Å². The Morgan fingerprint density at radius 3 is 2.84 bits per heavy atom. The normalized spacial score (nSPS) is 20.7. The van der Waals surface area contributed by atoms with Gasteiger partial charge in [0.2, 0.25) is 5.91 Å². The average Bonchev–Trinajstić information content (AvgIpc) is 3.11. The Kier molecular flexibility index (Phi) is 4.04. The molecule has 1 saturated carbocycles. The lowest BCUT2D eigenvalue weighted by molar-refractivity contribution is -0.139. The minimum Gasteiger partial charge on any atom is -0.482 e. The molecule has 2 N–H and O–H groups in total. The number of nitrogens with one attached hydrogen (secondary N) is 1. The van der Waals surface area contributed by atoms with Crippen LogP contribution in [0.4, 0.5) is 0 Å². The van der Waals surface area contributed by atoms with Crippen LogP contribution in [0.25, 0.3) is 0 Å². The van der Waals surface area contributed by atoms with Gasteiger partial charge in [0.25, 0.3) is 0 Å². The fourth-order valence-electron chi connectivity index (χ4n) is 1.90. The fourth-order valence-corrected chi connectivity index (χ4v) is 1.90. The van der Waals surface area contributed by atoms with E-state index in [1.165, 1.54) is 0 Å². The minimum atomic E-state index is -1.01. The molecule has 102 valence electrons. The zero-order valence-corrected chi connectivity index (χ0v) is 10.8. The highest BCUT2D eigenvalue weighted by molar-refractivity contribution is 5.81. The molecule has 1 aliphatic rings. The summed E-state index contributed by atoms with van der Waals surface area (Å²) in [6, 6.07) is 7.07. The first-order valence-electron chi connectivity index (χ1n) is 6.27. The van der Waals surface area contributed by atoms with Gasteiger partial charge in [0.05, 0.1) is 0 Å². The van der Waals surface area contributed by atoms with Crippen molar-refractivity contribution in [1.82, 2.24) is 5.32 Å². The maximum atomic E-state index is 11.7. The summed E-state index contributed by atoms with van der Waals surface area (Å²) in [5, 5.41) is 11.4. The highest BCUT2D eigenvalue weighted by Gasteiger charge is 2.38. The monoisotopic (exact) mass is 263 g/mol. The Balaban J connectivity index is 1.84. The minimum absolute atomic E-state index is 0.0874. The van der Waals surface area contributed by atoms with E-state index in [2.05, 4.69) is 12.2 Å². The molecule has 2 rings (SSSR count). The third kappa shape index (κ3) is 3.98. The summed E-state index contributed by atoms with van der Waals surface area (Å²) >= 11 is 0. The Labute approximate surface area is 111 Å². The van der Waals surface area contributed by atoms with E-state index in [9.17, 15) is 9.59 Å². The molecule has 0 saturated heterocycles. The molecule has 0 heterocycles. The van der Waals surface area contributed by atoms with Crippen molar-refractivity contribution in [3.8, 4) is 5.75 Å². The highest BCUT2D eigenvalue weighted by Crippen LogP contribution is 2.37. The van der Waals surface area contributed by atoms with Gasteiger partial charge < -0.3 is 15.2 Å². The van der Waals surface area contributed by atoms with E-state index in [4.69, 9.17) is 9.84 Å². The summed E-state index contributed by atoms with van der Waals surface area (Å²) < 4.78 is 5.08. The van der Waals surface area contributed by atoms with E-state index in [1.807, 2.05) is 6.07 Å². The predicted molar refractivity (Wildman–Crippen MR) is 68.7 cm³/mol. The number of aliphatic carboxylic acids is 1. The van der Waals surface area contributed by atoms with E-state index in [1.54, 1.807) is 18.2 Å². The lowest BCUT2D eigenvalue weighted by Crippen LogP contribution is -2.24. The van der Waals surface area contributed by atoms with Crippen LogP contribution >= 0.6 is 0 Å². The number of ether oxygens (including phenoxy) is 1. The van der Waals surface area contributed by atoms with Crippen LogP contribution in [-0.2, 0) is 16.1 Å². The quantitative estimate of drug-likeness (QED) is 0.814. The van der Waals surface area contributed by atoms with Crippen molar-refractivity contribution in [2.45, 2.75) is 19.9 Å². The molecule has 1 fully saturated rings. The van der Waals surface area contributed by atoms with Gasteiger partial charge in [0.15, 0.2) is 6.61 Å². The molecule has 0 radical (unpaired) electrons. The van der Waals surface area contributed by atoms with E-state index >= 15 is 0 Å². The van der Waals surface area contributed by atoms with Gasteiger partial charge in [-0.05, 0) is 30.0 Å². The van der Waals surface area contributed by atoms with E-state index < -0.39 is 5.97 Å². The third-order valence-corrected chi connectivity index (χ3v) is 3.17. The van der Waals surface area contributed by atoms with Gasteiger partial charge >= 0.3 is 5.97 Å². The molecule has 1 aromatic carbocycles. The second kappa shape index (κ2) is 5.73. The molecule has 0 bridgehead atoms. The van der Waals surface area contributed by atoms with Crippen molar-refractivity contribution in [1.29, 1.82) is 0 Å². The number of carbonyl (C=O) groups excluding carboxylic acids is 1. The lowest BCUT2D eigenvalue weighted by atomic mass is 10.2. The number of amides is 1. The van der Waals surface area contributed by atoms with Gasteiger partial charge in [-0.25, -0.2) is 4.79 Å².